The van der Waals surface area contributed by atoms with Gasteiger partial charge in [0.25, 0.3) is 0 Å². The Hall–Kier alpha value is -0.840. The molecule has 0 aromatic carbocycles. The molecule has 1 aliphatic rings. The molecule has 6 atom stereocenters. The first-order valence-electron chi connectivity index (χ1n) is 7.40. The Bertz CT molecular complexity index is 997. The lowest BCUT2D eigenvalue weighted by molar-refractivity contribution is -0.0341. The third-order valence-electron chi connectivity index (χ3n) is 3.37. The number of ether oxygens (including phenoxy) is 1. The molecular weight excluding hydrogens is 499 g/mol. The highest BCUT2D eigenvalue weighted by atomic mass is 32.1. The van der Waals surface area contributed by atoms with Gasteiger partial charge in [0.15, 0.2) is 17.8 Å². The molecule has 21 heteroatoms. The minimum absolute atomic E-state index is 0.0414. The van der Waals surface area contributed by atoms with Gasteiger partial charge in [0.05, 0.1) is 12.3 Å². The summed E-state index contributed by atoms with van der Waals surface area (Å²) < 4.78 is 51.2. The van der Waals surface area contributed by atoms with Crippen molar-refractivity contribution in [2.45, 2.75) is 24.5 Å². The molecule has 1 aliphatic heterocycles. The summed E-state index contributed by atoms with van der Waals surface area (Å²) in [7, 11) is -17.0. The van der Waals surface area contributed by atoms with E-state index >= 15 is 0 Å². The van der Waals surface area contributed by atoms with Crippen LogP contribution in [0, 0.1) is 0 Å². The van der Waals surface area contributed by atoms with E-state index in [-0.39, 0.29) is 5.75 Å². The summed E-state index contributed by atoms with van der Waals surface area (Å²) in [5.41, 5.74) is 4.25. The average molecular weight is 515 g/mol. The first kappa shape index (κ1) is 25.4. The zero-order valence-corrected chi connectivity index (χ0v) is 17.9. The number of nitrogen functional groups attached to an aromatic ring is 1. The predicted octanol–water partition coefficient (Wildman–Crippen LogP) is -1.92. The lowest BCUT2D eigenvalue weighted by Crippen LogP contribution is -2.36. The van der Waals surface area contributed by atoms with Crippen molar-refractivity contribution in [1.82, 2.24) is 9.55 Å². The summed E-state index contributed by atoms with van der Waals surface area (Å²) in [5, 5.41) is 19.9. The van der Waals surface area contributed by atoms with Crippen LogP contribution in [0.4, 0.5) is 5.82 Å². The fraction of sp³-hybridized carbons (Fsp3) is 0.556. The van der Waals surface area contributed by atoms with Crippen LogP contribution < -0.4 is 15.9 Å². The molecule has 1 fully saturated rings. The van der Waals surface area contributed by atoms with Crippen molar-refractivity contribution in [3.8, 4) is 5.75 Å². The number of rotatable bonds is 8. The van der Waals surface area contributed by atoms with E-state index in [1.165, 1.54) is 0 Å². The number of phosphoric ester groups is 1. The van der Waals surface area contributed by atoms with Crippen LogP contribution in [0.1, 0.15) is 6.23 Å². The van der Waals surface area contributed by atoms with Crippen LogP contribution in [0.3, 0.4) is 0 Å². The Kier molecular flexibility index (Phi) is 7.59. The maximum atomic E-state index is 12.0. The lowest BCUT2D eigenvalue weighted by atomic mass is 10.1. The summed E-state index contributed by atoms with van der Waals surface area (Å²) in [6.07, 6.45) is -5.01. The first-order valence-corrected chi connectivity index (χ1v) is 12.5. The maximum absolute atomic E-state index is 12.0. The standard InChI is InChI=1S/C9H16N3O14P3S/c10-7-3(24-28(19,20)26-29(21,22)25-27(16,17)18)1-12(9(15)11-7)8-6(14)5(13)4(2-30)23-8/h1,4-6,8,13-14,30H,2H2,(H,19,20)(H,21,22)(H2,10,11,15)(H2,16,17,18)/t4-,5-,6-,8-/m1/s1. The molecule has 1 aromatic heterocycles. The molecule has 0 saturated carbocycles. The van der Waals surface area contributed by atoms with Crippen molar-refractivity contribution in [3.05, 3.63) is 16.7 Å². The number of phosphoric acid groups is 3. The third kappa shape index (κ3) is 6.34. The van der Waals surface area contributed by atoms with E-state index in [1.54, 1.807) is 0 Å². The Balaban J connectivity index is 2.32. The van der Waals surface area contributed by atoms with Crippen molar-refractivity contribution in [2.75, 3.05) is 11.5 Å². The Labute approximate surface area is 171 Å². The average Bonchev–Trinajstić information content (AvgIpc) is 2.81. The minimum Gasteiger partial charge on any atom is -0.398 e. The van der Waals surface area contributed by atoms with Crippen molar-refractivity contribution in [1.29, 1.82) is 0 Å². The maximum Gasteiger partial charge on any atom is 0.536 e. The smallest absolute Gasteiger partial charge is 0.398 e. The van der Waals surface area contributed by atoms with Crippen molar-refractivity contribution >= 4 is 41.9 Å². The Morgan fingerprint density at radius 2 is 1.73 bits per heavy atom. The van der Waals surface area contributed by atoms with Gasteiger partial charge in [0, 0.05) is 5.75 Å². The summed E-state index contributed by atoms with van der Waals surface area (Å²) in [4.78, 5) is 51.0. The van der Waals surface area contributed by atoms with E-state index in [2.05, 4.69) is 30.8 Å². The third-order valence-corrected chi connectivity index (χ3v) is 7.48. The molecule has 17 nitrogen and oxygen atoms in total. The number of nitrogens with two attached hydrogens (primary N) is 1. The van der Waals surface area contributed by atoms with Gasteiger partial charge < -0.3 is 39.9 Å². The van der Waals surface area contributed by atoms with E-state index < -0.39 is 65.3 Å². The van der Waals surface area contributed by atoms with Crippen molar-refractivity contribution < 1.29 is 61.4 Å². The van der Waals surface area contributed by atoms with Gasteiger partial charge in [0.1, 0.15) is 12.2 Å². The Morgan fingerprint density at radius 1 is 1.13 bits per heavy atom. The van der Waals surface area contributed by atoms with Crippen LogP contribution in [0.25, 0.3) is 0 Å². The summed E-state index contributed by atoms with van der Waals surface area (Å²) in [6, 6.07) is 0. The molecule has 172 valence electrons. The molecule has 1 aromatic rings. The number of aromatic nitrogens is 2. The van der Waals surface area contributed by atoms with Gasteiger partial charge in [-0.05, 0) is 0 Å². The molecule has 2 heterocycles. The monoisotopic (exact) mass is 515 g/mol. The number of hydrogen-bond acceptors (Lipinski definition) is 13. The zero-order chi connectivity index (χ0) is 23.1. The molecule has 0 amide bonds. The highest BCUT2D eigenvalue weighted by Crippen LogP contribution is 2.66. The molecule has 0 spiro atoms. The fourth-order valence-electron chi connectivity index (χ4n) is 2.25. The second kappa shape index (κ2) is 8.96. The van der Waals surface area contributed by atoms with Gasteiger partial charge in [-0.25, -0.2) is 18.5 Å². The zero-order valence-electron chi connectivity index (χ0n) is 14.3. The number of aliphatic hydroxyl groups is 2. The van der Waals surface area contributed by atoms with E-state index in [0.29, 0.717) is 10.8 Å². The number of thiol groups is 1. The summed E-state index contributed by atoms with van der Waals surface area (Å²) in [5.74, 6) is -1.74. The van der Waals surface area contributed by atoms with Crippen LogP contribution in [-0.2, 0) is 27.1 Å². The van der Waals surface area contributed by atoms with Crippen LogP contribution >= 0.6 is 36.1 Å². The molecule has 0 aliphatic carbocycles. The van der Waals surface area contributed by atoms with E-state index in [1.807, 2.05) is 0 Å². The van der Waals surface area contributed by atoms with Crippen LogP contribution in [0.5, 0.6) is 5.75 Å². The number of nitrogens with zero attached hydrogens (tertiary/aromatic N) is 2. The van der Waals surface area contributed by atoms with E-state index in [4.69, 9.17) is 25.2 Å². The highest BCUT2D eigenvalue weighted by molar-refractivity contribution is 7.80. The molecule has 30 heavy (non-hydrogen) atoms. The molecule has 0 bridgehead atoms. The minimum atomic E-state index is -5.80. The second-order valence-corrected chi connectivity index (χ2v) is 10.3. The predicted molar refractivity (Wildman–Crippen MR) is 97.2 cm³/mol. The van der Waals surface area contributed by atoms with Crippen LogP contribution in [-0.4, -0.2) is 63.4 Å². The van der Waals surface area contributed by atoms with E-state index in [9.17, 15) is 33.6 Å². The fourth-order valence-corrected chi connectivity index (χ4v) is 5.58. The summed E-state index contributed by atoms with van der Waals surface area (Å²) >= 11 is 3.91. The van der Waals surface area contributed by atoms with Crippen molar-refractivity contribution in [2.24, 2.45) is 0 Å². The molecule has 2 rings (SSSR count). The van der Waals surface area contributed by atoms with Crippen LogP contribution in [0.15, 0.2) is 11.0 Å². The topological polar surface area (TPSA) is 270 Å². The molecule has 2 unspecified atom stereocenters. The van der Waals surface area contributed by atoms with Gasteiger partial charge in [-0.3, -0.25) is 9.46 Å². The van der Waals surface area contributed by atoms with Crippen LogP contribution in [0.2, 0.25) is 0 Å². The molecular formula is C9H16N3O14P3S. The SMILES string of the molecule is Nc1nc(=O)n([C@@H]2O[C@H](CS)[C@@H](O)[C@H]2O)cc1OP(=O)(O)OP(=O)(O)OP(=O)(O)O. The number of aliphatic hydroxyl groups excluding tert-OH is 2. The van der Waals surface area contributed by atoms with Gasteiger partial charge in [-0.1, -0.05) is 0 Å². The number of anilines is 1. The quantitative estimate of drug-likeness (QED) is 0.138. The lowest BCUT2D eigenvalue weighted by Gasteiger charge is -2.20. The second-order valence-electron chi connectivity index (χ2n) is 5.59. The largest absolute Gasteiger partial charge is 0.536 e. The molecule has 1 saturated heterocycles. The highest BCUT2D eigenvalue weighted by Gasteiger charge is 2.45. The normalized spacial score (nSPS) is 28.6. The van der Waals surface area contributed by atoms with Crippen molar-refractivity contribution in [3.63, 3.8) is 0 Å². The Morgan fingerprint density at radius 3 is 2.23 bits per heavy atom. The molecule has 0 radical (unpaired) electrons. The van der Waals surface area contributed by atoms with E-state index in [0.717, 1.165) is 0 Å². The first-order chi connectivity index (χ1) is 13.6. The summed E-state index contributed by atoms with van der Waals surface area (Å²) in [6.45, 7) is 0. The van der Waals surface area contributed by atoms with Gasteiger partial charge in [-0.15, -0.1) is 0 Å². The molecule has 8 N–H and O–H groups in total. The van der Waals surface area contributed by atoms with Gasteiger partial charge >= 0.3 is 29.2 Å². The number of hydrogen-bond donors (Lipinski definition) is 8. The van der Waals surface area contributed by atoms with Gasteiger partial charge in [-0.2, -0.15) is 26.2 Å². The van der Waals surface area contributed by atoms with Gasteiger partial charge in [0.2, 0.25) is 0 Å².